The van der Waals surface area contributed by atoms with Gasteiger partial charge in [-0.15, -0.1) is 0 Å². The summed E-state index contributed by atoms with van der Waals surface area (Å²) in [5.74, 6) is -0.584. The number of anilines is 1. The molecule has 1 N–H and O–H groups in total. The van der Waals surface area contributed by atoms with Gasteiger partial charge in [0.2, 0.25) is 0 Å². The highest BCUT2D eigenvalue weighted by molar-refractivity contribution is 6.02. The van der Waals surface area contributed by atoms with Crippen LogP contribution in [-0.2, 0) is 17.6 Å². The van der Waals surface area contributed by atoms with Crippen molar-refractivity contribution in [3.63, 3.8) is 0 Å². The minimum atomic E-state index is -0.905. The van der Waals surface area contributed by atoms with E-state index >= 15 is 8.78 Å². The van der Waals surface area contributed by atoms with Gasteiger partial charge in [-0.25, -0.2) is 18.2 Å². The van der Waals surface area contributed by atoms with Crippen LogP contribution in [0.4, 0.5) is 19.0 Å². The van der Waals surface area contributed by atoms with Crippen LogP contribution in [0.5, 0.6) is 11.8 Å². The van der Waals surface area contributed by atoms with Crippen LogP contribution in [0, 0.1) is 11.6 Å². The Kier molecular flexibility index (Phi) is 7.01. The van der Waals surface area contributed by atoms with Crippen LogP contribution in [0.3, 0.4) is 0 Å². The molecule has 6 heterocycles. The zero-order valence-electron chi connectivity index (χ0n) is 25.3. The van der Waals surface area contributed by atoms with Gasteiger partial charge in [-0.1, -0.05) is 13.0 Å². The number of phenols is 1. The first kappa shape index (κ1) is 28.8. The number of ether oxygens (including phenoxy) is 2. The molecular formula is C34H36F3N5O3. The number of nitrogens with zero attached hydrogens (tertiary/aromatic N) is 5. The van der Waals surface area contributed by atoms with Gasteiger partial charge in [-0.3, -0.25) is 4.90 Å². The maximum atomic E-state index is 17.0. The number of aromatic hydroxyl groups is 1. The third-order valence-corrected chi connectivity index (χ3v) is 10.3. The van der Waals surface area contributed by atoms with Crippen molar-refractivity contribution in [2.45, 2.75) is 69.6 Å². The highest BCUT2D eigenvalue weighted by Crippen LogP contribution is 2.43. The minimum absolute atomic E-state index is 0.00588. The maximum Gasteiger partial charge on any atom is 0.319 e. The molecule has 3 saturated heterocycles. The third-order valence-electron chi connectivity index (χ3n) is 10.3. The monoisotopic (exact) mass is 619 g/mol. The lowest BCUT2D eigenvalue weighted by Gasteiger charge is -2.31. The Balaban J connectivity index is 1.33. The lowest BCUT2D eigenvalue weighted by molar-refractivity contribution is 0.107. The van der Waals surface area contributed by atoms with Crippen LogP contribution in [0.2, 0.25) is 0 Å². The Morgan fingerprint density at radius 3 is 2.84 bits per heavy atom. The molecule has 4 aliphatic heterocycles. The smallest absolute Gasteiger partial charge is 0.319 e. The number of halogens is 3. The molecule has 2 aromatic carbocycles. The lowest BCUT2D eigenvalue weighted by atomic mass is 9.94. The second-order valence-electron chi connectivity index (χ2n) is 12.9. The highest BCUT2D eigenvalue weighted by Gasteiger charge is 2.49. The molecule has 0 radical (unpaired) electrons. The Labute approximate surface area is 259 Å². The number of fused-ring (bicyclic) bond motifs is 4. The molecule has 45 heavy (non-hydrogen) atoms. The number of hydrogen-bond acceptors (Lipinski definition) is 8. The van der Waals surface area contributed by atoms with E-state index in [-0.39, 0.29) is 35.6 Å². The Bertz CT molecular complexity index is 1820. The van der Waals surface area contributed by atoms with Crippen LogP contribution in [0.1, 0.15) is 50.3 Å². The molecule has 8 nitrogen and oxygen atoms in total. The Hall–Kier alpha value is -3.70. The third kappa shape index (κ3) is 4.69. The summed E-state index contributed by atoms with van der Waals surface area (Å²) < 4.78 is 58.6. The first-order chi connectivity index (χ1) is 21.8. The number of rotatable bonds is 5. The fraction of sp³-hybridized carbons (Fsp3) is 0.500. The van der Waals surface area contributed by atoms with Crippen LogP contribution >= 0.6 is 0 Å². The number of aromatic nitrogens is 3. The van der Waals surface area contributed by atoms with Gasteiger partial charge in [0, 0.05) is 37.7 Å². The molecule has 3 atom stereocenters. The highest BCUT2D eigenvalue weighted by atomic mass is 19.1. The second kappa shape index (κ2) is 11.0. The summed E-state index contributed by atoms with van der Waals surface area (Å²) in [7, 11) is 0. The van der Waals surface area contributed by atoms with Gasteiger partial charge in [0.1, 0.15) is 41.4 Å². The average molecular weight is 620 g/mol. The standard InChI is InChI=1S/C34H36F3N5O3/c1-2-23-25(36)6-4-19-14-22(43)15-24(27(19)23)30-29(37)31-28-26(38-30)7-5-21-8-12-44-13-11-42(21)32(28)40-33(39-31)45-18-34-9-3-10-41(34)17-20(35)16-34/h4,6,14-15,20-21,43H,2-3,5,7-13,16-18H2,1H3/t20-,21?,34+/m1/s1. The number of hydrogen-bond donors (Lipinski definition) is 1. The van der Waals surface area contributed by atoms with Gasteiger partial charge in [0.15, 0.2) is 5.82 Å². The zero-order valence-corrected chi connectivity index (χ0v) is 25.3. The summed E-state index contributed by atoms with van der Waals surface area (Å²) in [4.78, 5) is 18.8. The normalized spacial score (nSPS) is 24.9. The SMILES string of the molecule is CCc1c(F)ccc2cc(O)cc(-c3nc4c5c(nc(OC[C@@]67CCCN6C[C@H](F)C7)nc5c3F)N3CCOCCC3CC4)c12. The molecule has 0 amide bonds. The summed E-state index contributed by atoms with van der Waals surface area (Å²) in [5, 5.41) is 12.3. The van der Waals surface area contributed by atoms with Crippen molar-refractivity contribution in [3.8, 4) is 23.0 Å². The number of benzene rings is 2. The van der Waals surface area contributed by atoms with E-state index in [1.54, 1.807) is 12.1 Å². The number of aryl methyl sites for hydroxylation is 2. The van der Waals surface area contributed by atoms with E-state index in [4.69, 9.17) is 19.4 Å². The minimum Gasteiger partial charge on any atom is -0.508 e. The largest absolute Gasteiger partial charge is 0.508 e. The molecule has 8 rings (SSSR count). The van der Waals surface area contributed by atoms with E-state index in [0.717, 1.165) is 32.2 Å². The van der Waals surface area contributed by atoms with Crippen LogP contribution in [-0.4, -0.2) is 82.2 Å². The summed E-state index contributed by atoms with van der Waals surface area (Å²) in [6, 6.07) is 6.11. The second-order valence-corrected chi connectivity index (χ2v) is 12.9. The average Bonchev–Trinajstić information content (AvgIpc) is 3.38. The first-order valence-corrected chi connectivity index (χ1v) is 16.1. The van der Waals surface area contributed by atoms with Crippen LogP contribution < -0.4 is 9.64 Å². The lowest BCUT2D eigenvalue weighted by Crippen LogP contribution is -2.43. The number of alkyl halides is 1. The van der Waals surface area contributed by atoms with Gasteiger partial charge in [0.05, 0.1) is 23.2 Å². The molecule has 236 valence electrons. The number of phenolic OH excluding ortho intramolecular Hbond substituents is 1. The predicted octanol–water partition coefficient (Wildman–Crippen LogP) is 5.89. The van der Waals surface area contributed by atoms with E-state index in [9.17, 15) is 9.50 Å². The molecule has 4 aromatic rings. The molecular weight excluding hydrogens is 583 g/mol. The number of pyridine rings is 1. The van der Waals surface area contributed by atoms with Crippen molar-refractivity contribution in [1.29, 1.82) is 0 Å². The predicted molar refractivity (Wildman–Crippen MR) is 165 cm³/mol. The topological polar surface area (TPSA) is 83.8 Å². The molecule has 0 saturated carbocycles. The van der Waals surface area contributed by atoms with Gasteiger partial charge in [-0.2, -0.15) is 9.97 Å². The van der Waals surface area contributed by atoms with Crippen molar-refractivity contribution < 1.29 is 27.8 Å². The maximum absolute atomic E-state index is 17.0. The van der Waals surface area contributed by atoms with Crippen molar-refractivity contribution in [1.82, 2.24) is 19.9 Å². The fourth-order valence-corrected chi connectivity index (χ4v) is 8.22. The quantitative estimate of drug-likeness (QED) is 0.296. The molecule has 1 unspecified atom stereocenters. The summed E-state index contributed by atoms with van der Waals surface area (Å²) >= 11 is 0. The molecule has 3 fully saturated rings. The zero-order chi connectivity index (χ0) is 30.9. The molecule has 0 aliphatic carbocycles. The summed E-state index contributed by atoms with van der Waals surface area (Å²) in [5.41, 5.74) is 1.05. The van der Waals surface area contributed by atoms with Crippen LogP contribution in [0.25, 0.3) is 32.9 Å². The molecule has 11 heteroatoms. The molecule has 0 spiro atoms. The van der Waals surface area contributed by atoms with Crippen molar-refractivity contribution in [2.24, 2.45) is 0 Å². The van der Waals surface area contributed by atoms with Crippen molar-refractivity contribution in [2.75, 3.05) is 44.4 Å². The van der Waals surface area contributed by atoms with Gasteiger partial charge >= 0.3 is 6.01 Å². The van der Waals surface area contributed by atoms with Crippen LogP contribution in [0.15, 0.2) is 24.3 Å². The molecule has 2 aromatic heterocycles. The summed E-state index contributed by atoms with van der Waals surface area (Å²) in [6.07, 6.45) is 3.78. The summed E-state index contributed by atoms with van der Waals surface area (Å²) in [6.45, 7) is 4.99. The van der Waals surface area contributed by atoms with E-state index in [0.29, 0.717) is 84.4 Å². The van der Waals surface area contributed by atoms with Gasteiger partial charge < -0.3 is 19.5 Å². The first-order valence-electron chi connectivity index (χ1n) is 16.1. The van der Waals surface area contributed by atoms with E-state index in [1.807, 2.05) is 6.92 Å². The molecule has 4 aliphatic rings. The van der Waals surface area contributed by atoms with Gasteiger partial charge in [0.25, 0.3) is 0 Å². The van der Waals surface area contributed by atoms with E-state index < -0.39 is 23.3 Å². The van der Waals surface area contributed by atoms with E-state index in [1.165, 1.54) is 12.1 Å². The molecule has 0 bridgehead atoms. The van der Waals surface area contributed by atoms with Crippen molar-refractivity contribution >= 4 is 27.5 Å². The van der Waals surface area contributed by atoms with Crippen molar-refractivity contribution in [3.05, 3.63) is 47.2 Å². The fourth-order valence-electron chi connectivity index (χ4n) is 8.22. The van der Waals surface area contributed by atoms with Gasteiger partial charge in [-0.05, 0) is 79.6 Å². The van der Waals surface area contributed by atoms with E-state index in [2.05, 4.69) is 14.8 Å². The Morgan fingerprint density at radius 2 is 1.98 bits per heavy atom. The Morgan fingerprint density at radius 1 is 1.09 bits per heavy atom.